The second-order valence-electron chi connectivity index (χ2n) is 6.47. The number of likely N-dealkylation sites (N-methyl/N-ethyl adjacent to an activating group) is 1. The highest BCUT2D eigenvalue weighted by atomic mass is 16.2. The molecule has 2 unspecified atom stereocenters. The Kier molecular flexibility index (Phi) is 7.15. The predicted molar refractivity (Wildman–Crippen MR) is 94.7 cm³/mol. The molecule has 2 atom stereocenters. The van der Waals surface area contributed by atoms with Crippen LogP contribution in [0.1, 0.15) is 46.5 Å². The molecule has 2 N–H and O–H groups in total. The van der Waals surface area contributed by atoms with Crippen molar-refractivity contribution in [2.45, 2.75) is 58.5 Å². The van der Waals surface area contributed by atoms with Gasteiger partial charge in [-0.05, 0) is 39.3 Å². The molecule has 2 rings (SSSR count). The molecule has 0 bridgehead atoms. The Labute approximate surface area is 140 Å². The summed E-state index contributed by atoms with van der Waals surface area (Å²) in [5.41, 5.74) is 0. The van der Waals surface area contributed by atoms with E-state index in [0.29, 0.717) is 18.5 Å². The summed E-state index contributed by atoms with van der Waals surface area (Å²) in [7, 11) is 0. The van der Waals surface area contributed by atoms with Crippen LogP contribution in [0.15, 0.2) is 4.99 Å². The molecule has 2 aliphatic heterocycles. The number of guanidine groups is 1. The summed E-state index contributed by atoms with van der Waals surface area (Å²) < 4.78 is 0. The van der Waals surface area contributed by atoms with Gasteiger partial charge in [0, 0.05) is 38.1 Å². The number of nitrogens with zero attached hydrogens (tertiary/aromatic N) is 3. The molecule has 2 aliphatic rings. The van der Waals surface area contributed by atoms with Crippen LogP contribution >= 0.6 is 0 Å². The quantitative estimate of drug-likeness (QED) is 0.566. The molecule has 0 aromatic heterocycles. The predicted octanol–water partition coefficient (Wildman–Crippen LogP) is 1.04. The minimum absolute atomic E-state index is 0.251. The molecule has 2 saturated heterocycles. The summed E-state index contributed by atoms with van der Waals surface area (Å²) >= 11 is 0. The van der Waals surface area contributed by atoms with E-state index in [-0.39, 0.29) is 5.91 Å². The number of amides is 1. The summed E-state index contributed by atoms with van der Waals surface area (Å²) in [6.45, 7) is 11.9. The van der Waals surface area contributed by atoms with Gasteiger partial charge < -0.3 is 15.5 Å². The van der Waals surface area contributed by atoms with Crippen LogP contribution in [0.2, 0.25) is 0 Å². The highest BCUT2D eigenvalue weighted by Crippen LogP contribution is 2.16. The second kappa shape index (κ2) is 9.11. The van der Waals surface area contributed by atoms with Crippen molar-refractivity contribution in [3.63, 3.8) is 0 Å². The topological polar surface area (TPSA) is 60.0 Å². The number of hydrogen-bond donors (Lipinski definition) is 2. The Morgan fingerprint density at radius 2 is 2.04 bits per heavy atom. The van der Waals surface area contributed by atoms with E-state index in [1.165, 1.54) is 19.4 Å². The number of rotatable bonds is 6. The summed E-state index contributed by atoms with van der Waals surface area (Å²) in [6.07, 6.45) is 4.13. The van der Waals surface area contributed by atoms with Gasteiger partial charge in [0.2, 0.25) is 5.91 Å². The normalized spacial score (nSPS) is 25.9. The number of nitrogens with one attached hydrogen (secondary N) is 2. The minimum Gasteiger partial charge on any atom is -0.357 e. The molecule has 0 aromatic rings. The summed E-state index contributed by atoms with van der Waals surface area (Å²) in [4.78, 5) is 21.1. The van der Waals surface area contributed by atoms with Crippen LogP contribution in [-0.2, 0) is 4.79 Å². The molecule has 6 nitrogen and oxygen atoms in total. The van der Waals surface area contributed by atoms with Crippen molar-refractivity contribution in [1.29, 1.82) is 0 Å². The van der Waals surface area contributed by atoms with Crippen molar-refractivity contribution in [2.24, 2.45) is 4.99 Å². The van der Waals surface area contributed by atoms with Crippen molar-refractivity contribution in [3.05, 3.63) is 0 Å². The lowest BCUT2D eigenvalue weighted by molar-refractivity contribution is -0.129. The first-order valence-electron chi connectivity index (χ1n) is 9.24. The van der Waals surface area contributed by atoms with Crippen molar-refractivity contribution < 1.29 is 4.79 Å². The third kappa shape index (κ3) is 5.09. The maximum atomic E-state index is 11.8. The van der Waals surface area contributed by atoms with Crippen molar-refractivity contribution in [1.82, 2.24) is 20.4 Å². The number of aliphatic imine (C=N–C) groups is 1. The number of hydrogen-bond acceptors (Lipinski definition) is 3. The first-order chi connectivity index (χ1) is 11.2. The number of likely N-dealkylation sites (tertiary alicyclic amines) is 2. The number of carbonyl (C=O) groups is 1. The van der Waals surface area contributed by atoms with Crippen LogP contribution in [0.5, 0.6) is 0 Å². The van der Waals surface area contributed by atoms with Crippen molar-refractivity contribution >= 4 is 11.9 Å². The first-order valence-corrected chi connectivity index (χ1v) is 9.24. The van der Waals surface area contributed by atoms with Crippen LogP contribution < -0.4 is 10.6 Å². The fourth-order valence-corrected chi connectivity index (χ4v) is 3.56. The lowest BCUT2D eigenvalue weighted by Gasteiger charge is -2.22. The number of carbonyl (C=O) groups excluding carboxylic acids is 1. The third-order valence-electron chi connectivity index (χ3n) is 4.89. The molecule has 0 aliphatic carbocycles. The molecule has 2 heterocycles. The molecule has 132 valence electrons. The molecular weight excluding hydrogens is 290 g/mol. The highest BCUT2D eigenvalue weighted by molar-refractivity contribution is 5.80. The zero-order valence-corrected chi connectivity index (χ0v) is 15.0. The summed E-state index contributed by atoms with van der Waals surface area (Å²) in [5, 5.41) is 6.85. The van der Waals surface area contributed by atoms with Gasteiger partial charge >= 0.3 is 0 Å². The van der Waals surface area contributed by atoms with Crippen LogP contribution in [0.4, 0.5) is 0 Å². The Balaban J connectivity index is 1.86. The molecule has 6 heteroatoms. The Morgan fingerprint density at radius 3 is 2.74 bits per heavy atom. The standard InChI is InChI=1S/C17H33N5O/c1-4-16(23)22-11-9-14(13-22)20-17(18-5-2)19-12-15-8-7-10-21(15)6-3/h14-15H,4-13H2,1-3H3,(H2,18,19,20). The molecule has 0 spiro atoms. The maximum absolute atomic E-state index is 11.8. The SMILES string of the molecule is CCNC(=NCC1CCCN1CC)NC1CCN(C(=O)CC)C1. The lowest BCUT2D eigenvalue weighted by Crippen LogP contribution is -2.45. The average Bonchev–Trinajstić information content (AvgIpc) is 3.20. The summed E-state index contributed by atoms with van der Waals surface area (Å²) in [5.74, 6) is 1.15. The molecule has 0 aromatic carbocycles. The largest absolute Gasteiger partial charge is 0.357 e. The van der Waals surface area contributed by atoms with Crippen LogP contribution in [-0.4, -0.2) is 73.0 Å². The van der Waals surface area contributed by atoms with Gasteiger partial charge in [-0.3, -0.25) is 14.7 Å². The van der Waals surface area contributed by atoms with Gasteiger partial charge in [-0.2, -0.15) is 0 Å². The van der Waals surface area contributed by atoms with Crippen LogP contribution in [0, 0.1) is 0 Å². The Bertz CT molecular complexity index is 412. The van der Waals surface area contributed by atoms with Crippen molar-refractivity contribution in [3.8, 4) is 0 Å². The van der Waals surface area contributed by atoms with E-state index in [4.69, 9.17) is 4.99 Å². The van der Waals surface area contributed by atoms with Gasteiger partial charge in [0.25, 0.3) is 0 Å². The van der Waals surface area contributed by atoms with Gasteiger partial charge in [0.1, 0.15) is 0 Å². The third-order valence-corrected chi connectivity index (χ3v) is 4.89. The van der Waals surface area contributed by atoms with Gasteiger partial charge in [-0.1, -0.05) is 13.8 Å². The van der Waals surface area contributed by atoms with E-state index >= 15 is 0 Å². The van der Waals surface area contributed by atoms with Gasteiger partial charge in [-0.25, -0.2) is 0 Å². The fraction of sp³-hybridized carbons (Fsp3) is 0.882. The van der Waals surface area contributed by atoms with Crippen LogP contribution in [0.25, 0.3) is 0 Å². The van der Waals surface area contributed by atoms with E-state index in [2.05, 4.69) is 29.4 Å². The fourth-order valence-electron chi connectivity index (χ4n) is 3.56. The Hall–Kier alpha value is -1.30. The molecule has 23 heavy (non-hydrogen) atoms. The van der Waals surface area contributed by atoms with E-state index in [9.17, 15) is 4.79 Å². The monoisotopic (exact) mass is 323 g/mol. The smallest absolute Gasteiger partial charge is 0.222 e. The van der Waals surface area contributed by atoms with Gasteiger partial charge in [0.15, 0.2) is 5.96 Å². The second-order valence-corrected chi connectivity index (χ2v) is 6.47. The van der Waals surface area contributed by atoms with E-state index in [1.807, 2.05) is 11.8 Å². The minimum atomic E-state index is 0.251. The molecule has 1 amide bonds. The van der Waals surface area contributed by atoms with E-state index in [1.54, 1.807) is 0 Å². The van der Waals surface area contributed by atoms with E-state index < -0.39 is 0 Å². The molecular formula is C17H33N5O. The molecule has 2 fully saturated rings. The summed E-state index contributed by atoms with van der Waals surface area (Å²) in [6, 6.07) is 0.895. The van der Waals surface area contributed by atoms with Gasteiger partial charge in [-0.15, -0.1) is 0 Å². The highest BCUT2D eigenvalue weighted by Gasteiger charge is 2.26. The maximum Gasteiger partial charge on any atom is 0.222 e. The molecule has 0 radical (unpaired) electrons. The lowest BCUT2D eigenvalue weighted by atomic mass is 10.2. The van der Waals surface area contributed by atoms with E-state index in [0.717, 1.165) is 45.1 Å². The zero-order chi connectivity index (χ0) is 16.7. The van der Waals surface area contributed by atoms with Crippen molar-refractivity contribution in [2.75, 3.05) is 39.3 Å². The van der Waals surface area contributed by atoms with Gasteiger partial charge in [0.05, 0.1) is 6.54 Å². The molecule has 0 saturated carbocycles. The zero-order valence-electron chi connectivity index (χ0n) is 15.0. The average molecular weight is 323 g/mol. The van der Waals surface area contributed by atoms with Crippen LogP contribution in [0.3, 0.4) is 0 Å². The Morgan fingerprint density at radius 1 is 1.22 bits per heavy atom. The first kappa shape index (κ1) is 18.0.